The molecule has 0 saturated heterocycles. The van der Waals surface area contributed by atoms with Crippen LogP contribution in [0.3, 0.4) is 0 Å². The summed E-state index contributed by atoms with van der Waals surface area (Å²) in [6.45, 7) is 4.64. The third-order valence-electron chi connectivity index (χ3n) is 4.13. The Morgan fingerprint density at radius 3 is 2.78 bits per heavy atom. The molecule has 1 saturated carbocycles. The van der Waals surface area contributed by atoms with Crippen LogP contribution >= 0.6 is 0 Å². The van der Waals surface area contributed by atoms with Gasteiger partial charge in [0.15, 0.2) is 0 Å². The van der Waals surface area contributed by atoms with Crippen molar-refractivity contribution in [3.8, 4) is 0 Å². The van der Waals surface area contributed by atoms with Crippen molar-refractivity contribution in [1.29, 1.82) is 0 Å². The second-order valence-corrected chi connectivity index (χ2v) is 5.49. The van der Waals surface area contributed by atoms with Crippen molar-refractivity contribution in [3.63, 3.8) is 0 Å². The molecule has 1 aliphatic rings. The Morgan fingerprint density at radius 1 is 1.39 bits per heavy atom. The highest BCUT2D eigenvalue weighted by molar-refractivity contribution is 5.41. The summed E-state index contributed by atoms with van der Waals surface area (Å²) in [4.78, 5) is 10.7. The molecule has 3 atom stereocenters. The molecule has 0 amide bonds. The Morgan fingerprint density at radius 2 is 2.17 bits per heavy atom. The maximum Gasteiger partial charge on any atom is 0.226 e. The second-order valence-electron chi connectivity index (χ2n) is 5.49. The summed E-state index contributed by atoms with van der Waals surface area (Å²) in [5.74, 6) is 3.30. The maximum atomic E-state index is 4.52. The third-order valence-corrected chi connectivity index (χ3v) is 4.13. The van der Waals surface area contributed by atoms with Crippen LogP contribution in [0.5, 0.6) is 0 Å². The van der Waals surface area contributed by atoms with Crippen LogP contribution < -0.4 is 10.2 Å². The largest absolute Gasteiger partial charge is 0.367 e. The molecule has 1 aromatic heterocycles. The number of anilines is 2. The van der Waals surface area contributed by atoms with Crippen molar-refractivity contribution in [2.45, 2.75) is 39.2 Å². The third kappa shape index (κ3) is 2.74. The van der Waals surface area contributed by atoms with Gasteiger partial charge in [0.05, 0.1) is 0 Å². The molecular weight excluding hydrogens is 224 g/mol. The number of nitrogens with one attached hydrogen (secondary N) is 1. The fraction of sp³-hybridized carbons (Fsp3) is 0.714. The molecule has 0 spiro atoms. The first kappa shape index (κ1) is 13.1. The number of hydrogen-bond acceptors (Lipinski definition) is 4. The molecule has 0 bridgehead atoms. The molecule has 3 unspecified atom stereocenters. The zero-order valence-electron chi connectivity index (χ0n) is 11.8. The molecule has 2 rings (SSSR count). The predicted octanol–water partition coefficient (Wildman–Crippen LogP) is 2.78. The van der Waals surface area contributed by atoms with Gasteiger partial charge < -0.3 is 10.2 Å². The monoisotopic (exact) mass is 248 g/mol. The van der Waals surface area contributed by atoms with E-state index in [0.29, 0.717) is 6.04 Å². The van der Waals surface area contributed by atoms with Crippen molar-refractivity contribution in [3.05, 3.63) is 12.3 Å². The van der Waals surface area contributed by atoms with E-state index >= 15 is 0 Å². The van der Waals surface area contributed by atoms with Gasteiger partial charge >= 0.3 is 0 Å². The average Bonchev–Trinajstić information content (AvgIpc) is 2.71. The van der Waals surface area contributed by atoms with E-state index < -0.39 is 0 Å². The van der Waals surface area contributed by atoms with Crippen molar-refractivity contribution < 1.29 is 0 Å². The Bertz CT molecular complexity index is 391. The van der Waals surface area contributed by atoms with Gasteiger partial charge in [0.2, 0.25) is 5.95 Å². The normalized spacial score (nSPS) is 27.2. The molecule has 1 N–H and O–H groups in total. The van der Waals surface area contributed by atoms with Crippen molar-refractivity contribution in [2.24, 2.45) is 11.8 Å². The molecule has 0 aliphatic heterocycles. The number of rotatable bonds is 4. The summed E-state index contributed by atoms with van der Waals surface area (Å²) < 4.78 is 0. The fourth-order valence-electron chi connectivity index (χ4n) is 2.86. The Hall–Kier alpha value is -1.32. The van der Waals surface area contributed by atoms with Crippen molar-refractivity contribution >= 4 is 11.8 Å². The van der Waals surface area contributed by atoms with Crippen LogP contribution in [-0.4, -0.2) is 30.1 Å². The van der Waals surface area contributed by atoms with Gasteiger partial charge in [-0.1, -0.05) is 20.3 Å². The summed E-state index contributed by atoms with van der Waals surface area (Å²) in [5, 5.41) is 3.57. The summed E-state index contributed by atoms with van der Waals surface area (Å²) in [6, 6.07) is 2.51. The van der Waals surface area contributed by atoms with Gasteiger partial charge in [-0.2, -0.15) is 4.98 Å². The molecule has 1 aromatic rings. The van der Waals surface area contributed by atoms with Crippen LogP contribution in [0.4, 0.5) is 11.8 Å². The summed E-state index contributed by atoms with van der Waals surface area (Å²) in [6.07, 6.45) is 5.69. The van der Waals surface area contributed by atoms with Gasteiger partial charge in [0, 0.05) is 26.3 Å². The Kier molecular flexibility index (Phi) is 4.04. The second kappa shape index (κ2) is 5.55. The molecule has 1 fully saturated rings. The number of hydrogen-bond donors (Lipinski definition) is 1. The lowest BCUT2D eigenvalue weighted by Gasteiger charge is -2.22. The molecule has 100 valence electrons. The van der Waals surface area contributed by atoms with E-state index in [1.807, 2.05) is 31.3 Å². The highest BCUT2D eigenvalue weighted by atomic mass is 15.2. The molecule has 0 radical (unpaired) electrons. The summed E-state index contributed by atoms with van der Waals surface area (Å²) in [7, 11) is 3.93. The average molecular weight is 248 g/mol. The lowest BCUT2D eigenvalue weighted by atomic mass is 9.93. The van der Waals surface area contributed by atoms with Crippen LogP contribution in [0.25, 0.3) is 0 Å². The first-order valence-corrected chi connectivity index (χ1v) is 6.88. The highest BCUT2D eigenvalue weighted by Gasteiger charge is 2.31. The zero-order valence-corrected chi connectivity index (χ0v) is 11.8. The minimum atomic E-state index is 0.555. The molecule has 18 heavy (non-hydrogen) atoms. The van der Waals surface area contributed by atoms with Crippen LogP contribution in [-0.2, 0) is 0 Å². The van der Waals surface area contributed by atoms with Gasteiger partial charge in [-0.25, -0.2) is 4.98 Å². The van der Waals surface area contributed by atoms with Gasteiger partial charge in [-0.05, 0) is 30.7 Å². The van der Waals surface area contributed by atoms with E-state index in [1.54, 1.807) is 0 Å². The Labute approximate surface area is 110 Å². The van der Waals surface area contributed by atoms with Crippen molar-refractivity contribution in [2.75, 3.05) is 24.3 Å². The fourth-order valence-corrected chi connectivity index (χ4v) is 2.86. The lowest BCUT2D eigenvalue weighted by Crippen LogP contribution is -2.25. The highest BCUT2D eigenvalue weighted by Crippen LogP contribution is 2.35. The van der Waals surface area contributed by atoms with Gasteiger partial charge in [0.1, 0.15) is 5.82 Å². The summed E-state index contributed by atoms with van der Waals surface area (Å²) >= 11 is 0. The minimum absolute atomic E-state index is 0.555. The quantitative estimate of drug-likeness (QED) is 0.889. The van der Waals surface area contributed by atoms with E-state index in [1.165, 1.54) is 19.3 Å². The van der Waals surface area contributed by atoms with E-state index in [0.717, 1.165) is 23.6 Å². The number of aromatic nitrogens is 2. The first-order valence-electron chi connectivity index (χ1n) is 6.88. The van der Waals surface area contributed by atoms with E-state index in [4.69, 9.17) is 0 Å². The minimum Gasteiger partial charge on any atom is -0.367 e. The van der Waals surface area contributed by atoms with Crippen LogP contribution in [0.1, 0.15) is 33.1 Å². The van der Waals surface area contributed by atoms with E-state index in [-0.39, 0.29) is 0 Å². The molecule has 0 aromatic carbocycles. The van der Waals surface area contributed by atoms with Crippen LogP contribution in [0.15, 0.2) is 12.3 Å². The van der Waals surface area contributed by atoms with Gasteiger partial charge in [-0.15, -0.1) is 0 Å². The molecular formula is C14H24N4. The standard InChI is InChI=1S/C14H24N4/c1-5-11-6-7-12(10(11)2)16-13-8-9-15-14(17-13)18(3)4/h8-12H,5-7H2,1-4H3,(H,15,16,17). The zero-order chi connectivity index (χ0) is 13.1. The molecule has 4 nitrogen and oxygen atoms in total. The maximum absolute atomic E-state index is 4.52. The predicted molar refractivity (Wildman–Crippen MR) is 75.9 cm³/mol. The molecule has 1 aliphatic carbocycles. The topological polar surface area (TPSA) is 41.1 Å². The van der Waals surface area contributed by atoms with E-state index in [2.05, 4.69) is 29.1 Å². The Balaban J connectivity index is 2.04. The number of nitrogens with zero attached hydrogens (tertiary/aromatic N) is 3. The summed E-state index contributed by atoms with van der Waals surface area (Å²) in [5.41, 5.74) is 0. The van der Waals surface area contributed by atoms with Gasteiger partial charge in [-0.3, -0.25) is 0 Å². The first-order chi connectivity index (χ1) is 8.61. The molecule has 4 heteroatoms. The van der Waals surface area contributed by atoms with Crippen molar-refractivity contribution in [1.82, 2.24) is 9.97 Å². The van der Waals surface area contributed by atoms with Crippen LogP contribution in [0.2, 0.25) is 0 Å². The molecule has 1 heterocycles. The lowest BCUT2D eigenvalue weighted by molar-refractivity contribution is 0.391. The van der Waals surface area contributed by atoms with E-state index in [9.17, 15) is 0 Å². The smallest absolute Gasteiger partial charge is 0.226 e. The SMILES string of the molecule is CCC1CCC(Nc2ccnc(N(C)C)n2)C1C. The van der Waals surface area contributed by atoms with Crippen LogP contribution in [0, 0.1) is 11.8 Å². The van der Waals surface area contributed by atoms with Gasteiger partial charge in [0.25, 0.3) is 0 Å².